The summed E-state index contributed by atoms with van der Waals surface area (Å²) in [5.74, 6) is 1.52. The summed E-state index contributed by atoms with van der Waals surface area (Å²) in [4.78, 5) is 8.66. The highest BCUT2D eigenvalue weighted by Gasteiger charge is 2.30. The Bertz CT molecular complexity index is 676. The van der Waals surface area contributed by atoms with Gasteiger partial charge in [0.2, 0.25) is 5.89 Å². The van der Waals surface area contributed by atoms with Crippen molar-refractivity contribution in [3.63, 3.8) is 0 Å². The van der Waals surface area contributed by atoms with E-state index in [2.05, 4.69) is 14.7 Å². The van der Waals surface area contributed by atoms with Crippen LogP contribution in [-0.4, -0.2) is 18.9 Å². The highest BCUT2D eigenvalue weighted by molar-refractivity contribution is 7.84. The molecule has 0 saturated carbocycles. The lowest BCUT2D eigenvalue weighted by molar-refractivity contribution is 0.446. The van der Waals surface area contributed by atoms with E-state index in [9.17, 15) is 4.21 Å². The average molecular weight is 319 g/mol. The van der Waals surface area contributed by atoms with Crippen molar-refractivity contribution in [2.45, 2.75) is 50.8 Å². The molecule has 1 aliphatic rings. The number of aryl methyl sites for hydroxylation is 1. The first-order chi connectivity index (χ1) is 10.4. The second kappa shape index (κ2) is 5.93. The minimum absolute atomic E-state index is 0.0110. The number of fused-ring (bicyclic) bond motifs is 1. The molecule has 6 heteroatoms. The van der Waals surface area contributed by atoms with Gasteiger partial charge in [-0.25, -0.2) is 13.9 Å². The molecule has 0 aliphatic heterocycles. The molecule has 0 aromatic carbocycles. The molecule has 0 spiro atoms. The Morgan fingerprint density at radius 1 is 1.32 bits per heavy atom. The number of nitrogens with zero attached hydrogens (tertiary/aromatic N) is 2. The Labute approximate surface area is 133 Å². The van der Waals surface area contributed by atoms with Gasteiger partial charge < -0.3 is 4.42 Å². The zero-order valence-corrected chi connectivity index (χ0v) is 13.9. The predicted molar refractivity (Wildman–Crippen MR) is 86.4 cm³/mol. The maximum atomic E-state index is 12.4. The van der Waals surface area contributed by atoms with Crippen molar-refractivity contribution in [2.75, 3.05) is 0 Å². The van der Waals surface area contributed by atoms with Crippen molar-refractivity contribution < 1.29 is 8.63 Å². The van der Waals surface area contributed by atoms with Gasteiger partial charge in [-0.3, -0.25) is 4.98 Å². The lowest BCUT2D eigenvalue weighted by Gasteiger charge is -2.25. The quantitative estimate of drug-likeness (QED) is 0.943. The molecule has 2 heterocycles. The maximum absolute atomic E-state index is 12.4. The van der Waals surface area contributed by atoms with Crippen molar-refractivity contribution in [1.29, 1.82) is 0 Å². The monoisotopic (exact) mass is 319 g/mol. The number of rotatable bonds is 3. The smallest absolute Gasteiger partial charge is 0.226 e. The summed E-state index contributed by atoms with van der Waals surface area (Å²) in [6, 6.07) is 3.75. The normalized spacial score (nSPS) is 19.7. The van der Waals surface area contributed by atoms with Crippen LogP contribution in [0.2, 0.25) is 0 Å². The number of oxazole rings is 1. The molecule has 0 radical (unpaired) electrons. The first-order valence-electron chi connectivity index (χ1n) is 7.53. The van der Waals surface area contributed by atoms with Crippen molar-refractivity contribution in [3.8, 4) is 11.5 Å². The van der Waals surface area contributed by atoms with Crippen molar-refractivity contribution in [3.05, 3.63) is 36.0 Å². The molecule has 1 N–H and O–H groups in total. The van der Waals surface area contributed by atoms with Gasteiger partial charge in [0, 0.05) is 24.4 Å². The van der Waals surface area contributed by atoms with Crippen LogP contribution in [0, 0.1) is 0 Å². The summed E-state index contributed by atoms with van der Waals surface area (Å²) >= 11 is 0. The molecule has 2 atom stereocenters. The van der Waals surface area contributed by atoms with E-state index in [-0.39, 0.29) is 10.8 Å². The minimum atomic E-state index is -1.12. The van der Waals surface area contributed by atoms with Gasteiger partial charge in [0.05, 0.1) is 21.8 Å². The number of pyridine rings is 1. The lowest BCUT2D eigenvalue weighted by atomic mass is 9.98. The van der Waals surface area contributed by atoms with Gasteiger partial charge in [0.15, 0.2) is 0 Å². The number of hydrogen-bond acceptors (Lipinski definition) is 4. The molecule has 5 nitrogen and oxygen atoms in total. The summed E-state index contributed by atoms with van der Waals surface area (Å²) in [5.41, 5.74) is 1.82. The fourth-order valence-corrected chi connectivity index (χ4v) is 3.30. The van der Waals surface area contributed by atoms with E-state index in [4.69, 9.17) is 4.42 Å². The van der Waals surface area contributed by atoms with Crippen LogP contribution >= 0.6 is 0 Å². The van der Waals surface area contributed by atoms with E-state index < -0.39 is 11.0 Å². The molecule has 0 bridgehead atoms. The second-order valence-electron chi connectivity index (χ2n) is 6.51. The van der Waals surface area contributed by atoms with E-state index in [1.807, 2.05) is 32.9 Å². The standard InChI is InChI=1S/C16H21N3O2S/c1-16(2,3)22(20)19-12-5-4-6-13-14(12)18-15(21-13)11-7-9-17-10-8-11/h7-10,12,19H,4-6H2,1-3H3/t12-,22-/m0/s1. The second-order valence-corrected chi connectivity index (χ2v) is 8.50. The van der Waals surface area contributed by atoms with E-state index in [0.717, 1.165) is 36.3 Å². The van der Waals surface area contributed by atoms with Gasteiger partial charge in [-0.05, 0) is 45.7 Å². The third-order valence-electron chi connectivity index (χ3n) is 3.69. The highest BCUT2D eigenvalue weighted by atomic mass is 32.2. The zero-order chi connectivity index (χ0) is 15.7. The molecular weight excluding hydrogens is 298 g/mol. The van der Waals surface area contributed by atoms with Crippen LogP contribution in [0.4, 0.5) is 0 Å². The zero-order valence-electron chi connectivity index (χ0n) is 13.1. The molecule has 2 aromatic heterocycles. The predicted octanol–water partition coefficient (Wildman–Crippen LogP) is 3.17. The summed E-state index contributed by atoms with van der Waals surface area (Å²) in [6.45, 7) is 5.89. The molecule has 0 fully saturated rings. The molecule has 22 heavy (non-hydrogen) atoms. The van der Waals surface area contributed by atoms with Gasteiger partial charge in [-0.1, -0.05) is 0 Å². The van der Waals surface area contributed by atoms with Gasteiger partial charge in [0.1, 0.15) is 11.5 Å². The molecule has 0 saturated heterocycles. The largest absolute Gasteiger partial charge is 0.441 e. The topological polar surface area (TPSA) is 68.0 Å². The van der Waals surface area contributed by atoms with E-state index in [1.54, 1.807) is 12.4 Å². The van der Waals surface area contributed by atoms with Crippen LogP contribution in [0.15, 0.2) is 28.9 Å². The first-order valence-corrected chi connectivity index (χ1v) is 8.68. The molecule has 3 rings (SSSR count). The summed E-state index contributed by atoms with van der Waals surface area (Å²) in [7, 11) is -1.12. The summed E-state index contributed by atoms with van der Waals surface area (Å²) in [5, 5.41) is 0. The molecule has 0 unspecified atom stereocenters. The Hall–Kier alpha value is -1.53. The summed E-state index contributed by atoms with van der Waals surface area (Å²) in [6.07, 6.45) is 6.27. The van der Waals surface area contributed by atoms with E-state index in [1.165, 1.54) is 0 Å². The Morgan fingerprint density at radius 2 is 2.05 bits per heavy atom. The van der Waals surface area contributed by atoms with Crippen LogP contribution in [0.3, 0.4) is 0 Å². The molecule has 1 aliphatic carbocycles. The lowest BCUT2D eigenvalue weighted by Crippen LogP contribution is -2.37. The van der Waals surface area contributed by atoms with Crippen LogP contribution < -0.4 is 4.72 Å². The number of aromatic nitrogens is 2. The number of nitrogens with one attached hydrogen (secondary N) is 1. The maximum Gasteiger partial charge on any atom is 0.226 e. The molecule has 2 aromatic rings. The van der Waals surface area contributed by atoms with Crippen LogP contribution in [0.25, 0.3) is 11.5 Å². The summed E-state index contributed by atoms with van der Waals surface area (Å²) < 4.78 is 21.2. The van der Waals surface area contributed by atoms with Crippen LogP contribution in [0.1, 0.15) is 51.1 Å². The third kappa shape index (κ3) is 3.13. The fourth-order valence-electron chi connectivity index (χ4n) is 2.46. The molecular formula is C16H21N3O2S. The first kappa shape index (κ1) is 15.4. The average Bonchev–Trinajstić information content (AvgIpc) is 2.92. The van der Waals surface area contributed by atoms with Crippen molar-refractivity contribution in [1.82, 2.24) is 14.7 Å². The molecule has 118 valence electrons. The van der Waals surface area contributed by atoms with Gasteiger partial charge in [0.25, 0.3) is 0 Å². The SMILES string of the molecule is CC(C)(C)[S@](=O)N[C@H]1CCCc2oc(-c3ccncc3)nc21. The number of hydrogen-bond donors (Lipinski definition) is 1. The van der Waals surface area contributed by atoms with Gasteiger partial charge in [-0.2, -0.15) is 0 Å². The van der Waals surface area contributed by atoms with Gasteiger partial charge >= 0.3 is 0 Å². The Kier molecular flexibility index (Phi) is 4.14. The van der Waals surface area contributed by atoms with Crippen molar-refractivity contribution in [2.24, 2.45) is 0 Å². The van der Waals surface area contributed by atoms with Crippen LogP contribution in [-0.2, 0) is 17.4 Å². The van der Waals surface area contributed by atoms with Crippen LogP contribution in [0.5, 0.6) is 0 Å². The van der Waals surface area contributed by atoms with E-state index in [0.29, 0.717) is 5.89 Å². The highest BCUT2D eigenvalue weighted by Crippen LogP contribution is 2.33. The minimum Gasteiger partial charge on any atom is -0.441 e. The molecule has 0 amide bonds. The fraction of sp³-hybridized carbons (Fsp3) is 0.500. The van der Waals surface area contributed by atoms with Crippen molar-refractivity contribution >= 4 is 11.0 Å². The van der Waals surface area contributed by atoms with E-state index >= 15 is 0 Å². The Morgan fingerprint density at radius 3 is 2.73 bits per heavy atom. The Balaban J connectivity index is 1.88. The third-order valence-corrected chi connectivity index (χ3v) is 5.30. The van der Waals surface area contributed by atoms with Gasteiger partial charge in [-0.15, -0.1) is 0 Å².